The van der Waals surface area contributed by atoms with E-state index < -0.39 is 73.6 Å². The van der Waals surface area contributed by atoms with Gasteiger partial charge in [-0.05, 0) is 29.3 Å². The number of esters is 4. The summed E-state index contributed by atoms with van der Waals surface area (Å²) in [5, 5.41) is 0. The van der Waals surface area contributed by atoms with Crippen LogP contribution in [0.25, 0.3) is 0 Å². The number of rotatable bonds is 15. The number of ketones is 1. The lowest BCUT2D eigenvalue weighted by Gasteiger charge is -2.43. The van der Waals surface area contributed by atoms with Gasteiger partial charge in [0.1, 0.15) is 32.5 Å². The topological polar surface area (TPSA) is 159 Å². The fourth-order valence-electron chi connectivity index (χ4n) is 4.95. The summed E-state index contributed by atoms with van der Waals surface area (Å²) in [5.41, 5.74) is 2.05. The van der Waals surface area contributed by atoms with E-state index in [0.717, 1.165) is 38.8 Å². The van der Waals surface area contributed by atoms with Crippen LogP contribution in [0.3, 0.4) is 0 Å². The Bertz CT molecular complexity index is 1590. The first-order chi connectivity index (χ1) is 23.5. The molecule has 13 nitrogen and oxygen atoms in total. The van der Waals surface area contributed by atoms with E-state index in [-0.39, 0.29) is 18.8 Å². The first kappa shape index (κ1) is 36.6. The predicted molar refractivity (Wildman–Crippen MR) is 170 cm³/mol. The molecule has 13 heteroatoms. The number of hydrogen-bond acceptors (Lipinski definition) is 13. The Balaban J connectivity index is 1.56. The van der Waals surface area contributed by atoms with E-state index in [9.17, 15) is 24.0 Å². The average Bonchev–Trinajstić information content (AvgIpc) is 3.07. The predicted octanol–water partition coefficient (Wildman–Crippen LogP) is 4.13. The Morgan fingerprint density at radius 3 is 1.69 bits per heavy atom. The van der Waals surface area contributed by atoms with Gasteiger partial charge in [-0.15, -0.1) is 0 Å². The van der Waals surface area contributed by atoms with Gasteiger partial charge in [-0.25, -0.2) is 0 Å². The summed E-state index contributed by atoms with van der Waals surface area (Å²) in [6.07, 6.45) is -6.98. The number of ether oxygens (including phenoxy) is 8. The van der Waals surface area contributed by atoms with E-state index in [2.05, 4.69) is 0 Å². The summed E-state index contributed by atoms with van der Waals surface area (Å²) >= 11 is 0. The van der Waals surface area contributed by atoms with E-state index >= 15 is 0 Å². The average molecular weight is 679 g/mol. The molecule has 5 unspecified atom stereocenters. The maximum atomic E-state index is 13.5. The molecule has 0 N–H and O–H groups in total. The zero-order chi connectivity index (χ0) is 35.3. The standard InChI is InChI=1S/C36H38O13/c1-22(37)42-21-32-33(46-23(2)38)34(47-24(3)39)35(48-25(4)40)36(49-32)45-20-29(41)28-15-16-30(43-18-26-11-7-5-8-12-26)31(17-28)44-19-27-13-9-6-10-14-27/h5-17,32-36H,18-21H2,1-4H3. The molecule has 1 heterocycles. The molecular formula is C36H38O13. The van der Waals surface area contributed by atoms with Crippen molar-refractivity contribution < 1.29 is 61.9 Å². The second-order valence-electron chi connectivity index (χ2n) is 11.0. The van der Waals surface area contributed by atoms with E-state index in [0.29, 0.717) is 11.5 Å². The molecule has 3 aromatic rings. The van der Waals surface area contributed by atoms with Gasteiger partial charge in [0.05, 0.1) is 0 Å². The molecule has 1 fully saturated rings. The molecule has 0 radical (unpaired) electrons. The van der Waals surface area contributed by atoms with Gasteiger partial charge in [-0.1, -0.05) is 60.7 Å². The summed E-state index contributed by atoms with van der Waals surface area (Å²) < 4.78 is 45.1. The fraction of sp³-hybridized carbons (Fsp3) is 0.361. The van der Waals surface area contributed by atoms with Gasteiger partial charge in [0.25, 0.3) is 0 Å². The van der Waals surface area contributed by atoms with E-state index in [4.69, 9.17) is 37.9 Å². The molecule has 1 saturated heterocycles. The third kappa shape index (κ3) is 11.2. The minimum Gasteiger partial charge on any atom is -0.485 e. The van der Waals surface area contributed by atoms with Crippen molar-refractivity contribution in [3.05, 3.63) is 95.6 Å². The minimum atomic E-state index is -1.51. The third-order valence-electron chi connectivity index (χ3n) is 7.07. The number of carbonyl (C=O) groups is 5. The molecule has 260 valence electrons. The summed E-state index contributed by atoms with van der Waals surface area (Å²) in [5.74, 6) is -2.79. The van der Waals surface area contributed by atoms with E-state index in [1.807, 2.05) is 60.7 Å². The third-order valence-corrected chi connectivity index (χ3v) is 7.07. The van der Waals surface area contributed by atoms with Crippen molar-refractivity contribution in [2.45, 2.75) is 71.6 Å². The molecule has 1 aliphatic rings. The molecule has 3 aromatic carbocycles. The SMILES string of the molecule is CC(=O)OCC1OC(OCC(=O)c2ccc(OCc3ccccc3)c(OCc3ccccc3)c2)C(OC(C)=O)C(OC(C)=O)C1OC(C)=O. The molecule has 49 heavy (non-hydrogen) atoms. The Kier molecular flexibility index (Phi) is 13.3. The monoisotopic (exact) mass is 678 g/mol. The van der Waals surface area contributed by atoms with Crippen LogP contribution in [0.1, 0.15) is 49.2 Å². The molecule has 5 atom stereocenters. The van der Waals surface area contributed by atoms with Gasteiger partial charge in [-0.2, -0.15) is 0 Å². The second kappa shape index (κ2) is 17.8. The maximum absolute atomic E-state index is 13.5. The highest BCUT2D eigenvalue weighted by Gasteiger charge is 2.53. The lowest BCUT2D eigenvalue weighted by Crippen LogP contribution is -2.63. The lowest BCUT2D eigenvalue weighted by molar-refractivity contribution is -0.305. The first-order valence-corrected chi connectivity index (χ1v) is 15.4. The van der Waals surface area contributed by atoms with Crippen LogP contribution < -0.4 is 9.47 Å². The van der Waals surface area contributed by atoms with Crippen molar-refractivity contribution in [3.63, 3.8) is 0 Å². The van der Waals surface area contributed by atoms with E-state index in [1.165, 1.54) is 6.07 Å². The summed E-state index contributed by atoms with van der Waals surface area (Å²) in [4.78, 5) is 61.3. The van der Waals surface area contributed by atoms with Crippen LogP contribution in [0.5, 0.6) is 11.5 Å². The quantitative estimate of drug-likeness (QED) is 0.128. The maximum Gasteiger partial charge on any atom is 0.303 e. The summed E-state index contributed by atoms with van der Waals surface area (Å²) in [6, 6.07) is 23.7. The van der Waals surface area contributed by atoms with E-state index in [1.54, 1.807) is 12.1 Å². The first-order valence-electron chi connectivity index (χ1n) is 15.4. The van der Waals surface area contributed by atoms with Crippen LogP contribution in [0, 0.1) is 0 Å². The Morgan fingerprint density at radius 2 is 1.14 bits per heavy atom. The van der Waals surface area contributed by atoms with Crippen LogP contribution in [0.4, 0.5) is 0 Å². The van der Waals surface area contributed by atoms with Crippen LogP contribution in [-0.4, -0.2) is 73.6 Å². The minimum absolute atomic E-state index is 0.209. The molecule has 0 bridgehead atoms. The fourth-order valence-corrected chi connectivity index (χ4v) is 4.95. The molecule has 0 aromatic heterocycles. The normalized spacial score (nSPS) is 20.0. The summed E-state index contributed by atoms with van der Waals surface area (Å²) in [7, 11) is 0. The number of hydrogen-bond donors (Lipinski definition) is 0. The molecular weight excluding hydrogens is 640 g/mol. The van der Waals surface area contributed by atoms with Crippen LogP contribution in [-0.2, 0) is 60.8 Å². The van der Waals surface area contributed by atoms with Gasteiger partial charge in [0.15, 0.2) is 41.9 Å². The van der Waals surface area contributed by atoms with Crippen LogP contribution >= 0.6 is 0 Å². The highest BCUT2D eigenvalue weighted by atomic mass is 16.7. The molecule has 4 rings (SSSR count). The number of Topliss-reactive ketones (excluding diaryl/α,β-unsaturated/α-hetero) is 1. The Morgan fingerprint density at radius 1 is 0.612 bits per heavy atom. The highest BCUT2D eigenvalue weighted by molar-refractivity contribution is 5.97. The van der Waals surface area contributed by atoms with Gasteiger partial charge in [0, 0.05) is 33.3 Å². The molecule has 0 saturated carbocycles. The van der Waals surface area contributed by atoms with Crippen molar-refractivity contribution in [1.29, 1.82) is 0 Å². The van der Waals surface area contributed by atoms with Crippen molar-refractivity contribution in [3.8, 4) is 11.5 Å². The van der Waals surface area contributed by atoms with Crippen molar-refractivity contribution in [2.24, 2.45) is 0 Å². The van der Waals surface area contributed by atoms with Crippen LogP contribution in [0.15, 0.2) is 78.9 Å². The number of carbonyl (C=O) groups excluding carboxylic acids is 5. The largest absolute Gasteiger partial charge is 0.485 e. The van der Waals surface area contributed by atoms with Crippen molar-refractivity contribution >= 4 is 29.7 Å². The molecule has 0 amide bonds. The van der Waals surface area contributed by atoms with Crippen molar-refractivity contribution in [2.75, 3.05) is 13.2 Å². The van der Waals surface area contributed by atoms with Gasteiger partial charge < -0.3 is 37.9 Å². The molecule has 1 aliphatic heterocycles. The zero-order valence-corrected chi connectivity index (χ0v) is 27.5. The smallest absolute Gasteiger partial charge is 0.303 e. The molecule has 0 spiro atoms. The summed E-state index contributed by atoms with van der Waals surface area (Å²) in [6.45, 7) is 3.95. The van der Waals surface area contributed by atoms with Gasteiger partial charge >= 0.3 is 23.9 Å². The zero-order valence-electron chi connectivity index (χ0n) is 27.5. The van der Waals surface area contributed by atoms with Gasteiger partial charge in [0.2, 0.25) is 0 Å². The highest BCUT2D eigenvalue weighted by Crippen LogP contribution is 2.32. The van der Waals surface area contributed by atoms with Gasteiger partial charge in [-0.3, -0.25) is 24.0 Å². The second-order valence-corrected chi connectivity index (χ2v) is 11.0. The Labute approximate surface area is 283 Å². The molecule has 0 aliphatic carbocycles. The lowest BCUT2D eigenvalue weighted by atomic mass is 9.98. The number of benzene rings is 3. The van der Waals surface area contributed by atoms with Crippen molar-refractivity contribution in [1.82, 2.24) is 0 Å². The Hall–Kier alpha value is -5.27. The van der Waals surface area contributed by atoms with Crippen LogP contribution in [0.2, 0.25) is 0 Å².